The van der Waals surface area contributed by atoms with E-state index in [1.807, 2.05) is 0 Å². The zero-order valence-electron chi connectivity index (χ0n) is 10.3. The molecule has 0 spiro atoms. The van der Waals surface area contributed by atoms with Gasteiger partial charge in [-0.05, 0) is 46.0 Å². The van der Waals surface area contributed by atoms with Crippen LogP contribution in [-0.4, -0.2) is 12.5 Å². The molecule has 0 aromatic heterocycles. The Morgan fingerprint density at radius 1 is 1.41 bits per heavy atom. The van der Waals surface area contributed by atoms with Crippen LogP contribution in [0.15, 0.2) is 22.7 Å². The molecule has 0 heterocycles. The van der Waals surface area contributed by atoms with Gasteiger partial charge in [0.25, 0.3) is 5.91 Å². The van der Waals surface area contributed by atoms with Crippen molar-refractivity contribution >= 4 is 21.8 Å². The average Bonchev–Trinajstić information content (AvgIpc) is 2.28. The second-order valence-electron chi connectivity index (χ2n) is 4.56. The zero-order chi connectivity index (χ0) is 13.0. The number of amides is 1. The molecule has 0 aliphatic carbocycles. The van der Waals surface area contributed by atoms with E-state index >= 15 is 0 Å². The van der Waals surface area contributed by atoms with Crippen LogP contribution in [0.4, 0.5) is 4.39 Å². The predicted octanol–water partition coefficient (Wildman–Crippen LogP) is 3.61. The van der Waals surface area contributed by atoms with E-state index in [-0.39, 0.29) is 5.91 Å². The number of nitrogens with one attached hydrogen (secondary N) is 1. The van der Waals surface area contributed by atoms with Gasteiger partial charge in [-0.3, -0.25) is 4.79 Å². The molecule has 0 bridgehead atoms. The minimum atomic E-state index is -0.422. The van der Waals surface area contributed by atoms with Crippen LogP contribution in [0, 0.1) is 17.7 Å². The van der Waals surface area contributed by atoms with Crippen molar-refractivity contribution in [1.29, 1.82) is 0 Å². The largest absolute Gasteiger partial charge is 0.352 e. The number of carbonyl (C=O) groups excluding carboxylic acids is 1. The second kappa shape index (κ2) is 6.15. The van der Waals surface area contributed by atoms with E-state index in [0.29, 0.717) is 28.4 Å². The van der Waals surface area contributed by atoms with Gasteiger partial charge < -0.3 is 5.32 Å². The van der Waals surface area contributed by atoms with E-state index in [1.54, 1.807) is 6.07 Å². The molecule has 0 aliphatic heterocycles. The summed E-state index contributed by atoms with van der Waals surface area (Å²) < 4.78 is 13.6. The molecule has 0 radical (unpaired) electrons. The van der Waals surface area contributed by atoms with Gasteiger partial charge in [-0.1, -0.05) is 20.8 Å². The molecule has 0 fully saturated rings. The fourth-order valence-corrected chi connectivity index (χ4v) is 1.48. The summed E-state index contributed by atoms with van der Waals surface area (Å²) >= 11 is 3.05. The molecule has 0 saturated carbocycles. The van der Waals surface area contributed by atoms with Crippen molar-refractivity contribution in [1.82, 2.24) is 5.32 Å². The lowest BCUT2D eigenvalue weighted by molar-refractivity contribution is 0.0944. The Morgan fingerprint density at radius 3 is 2.59 bits per heavy atom. The second-order valence-corrected chi connectivity index (χ2v) is 5.41. The number of carbonyl (C=O) groups is 1. The minimum Gasteiger partial charge on any atom is -0.352 e. The molecule has 17 heavy (non-hydrogen) atoms. The average molecular weight is 302 g/mol. The predicted molar refractivity (Wildman–Crippen MR) is 70.4 cm³/mol. The van der Waals surface area contributed by atoms with Crippen molar-refractivity contribution in [3.05, 3.63) is 34.1 Å². The molecule has 1 atom stereocenters. The van der Waals surface area contributed by atoms with E-state index in [0.717, 1.165) is 0 Å². The normalized spacial score (nSPS) is 12.6. The van der Waals surface area contributed by atoms with Crippen LogP contribution >= 0.6 is 15.9 Å². The number of benzene rings is 1. The monoisotopic (exact) mass is 301 g/mol. The molecule has 1 amide bonds. The molecule has 2 nitrogen and oxygen atoms in total. The van der Waals surface area contributed by atoms with Gasteiger partial charge in [-0.2, -0.15) is 0 Å². The molecule has 0 saturated heterocycles. The SMILES string of the molecule is CC(C)C(C)CNC(=O)c1ccc(Br)c(F)c1. The Bertz CT molecular complexity index is 406. The Kier molecular flexibility index (Phi) is 5.12. The topological polar surface area (TPSA) is 29.1 Å². The third-order valence-electron chi connectivity index (χ3n) is 2.90. The van der Waals surface area contributed by atoms with Gasteiger partial charge in [0.2, 0.25) is 0 Å². The molecule has 1 aromatic carbocycles. The lowest BCUT2D eigenvalue weighted by atomic mass is 9.98. The summed E-state index contributed by atoms with van der Waals surface area (Å²) in [6, 6.07) is 4.37. The van der Waals surface area contributed by atoms with Crippen LogP contribution in [0.25, 0.3) is 0 Å². The lowest BCUT2D eigenvalue weighted by Gasteiger charge is -2.16. The quantitative estimate of drug-likeness (QED) is 0.904. The lowest BCUT2D eigenvalue weighted by Crippen LogP contribution is -2.30. The maximum atomic E-state index is 13.2. The maximum Gasteiger partial charge on any atom is 0.251 e. The Hall–Kier alpha value is -0.900. The van der Waals surface area contributed by atoms with Gasteiger partial charge in [0.15, 0.2) is 0 Å². The molecule has 4 heteroatoms. The van der Waals surface area contributed by atoms with Crippen LogP contribution in [0.5, 0.6) is 0 Å². The molecule has 1 N–H and O–H groups in total. The van der Waals surface area contributed by atoms with Gasteiger partial charge in [0.1, 0.15) is 5.82 Å². The van der Waals surface area contributed by atoms with Crippen LogP contribution < -0.4 is 5.32 Å². The summed E-state index contributed by atoms with van der Waals surface area (Å²) in [6.45, 7) is 6.90. The summed E-state index contributed by atoms with van der Waals surface area (Å²) in [5.41, 5.74) is 0.349. The minimum absolute atomic E-state index is 0.232. The summed E-state index contributed by atoms with van der Waals surface area (Å²) in [4.78, 5) is 11.7. The summed E-state index contributed by atoms with van der Waals surface area (Å²) in [5, 5.41) is 2.81. The third kappa shape index (κ3) is 4.11. The highest BCUT2D eigenvalue weighted by atomic mass is 79.9. The van der Waals surface area contributed by atoms with E-state index in [2.05, 4.69) is 42.0 Å². The highest BCUT2D eigenvalue weighted by molar-refractivity contribution is 9.10. The number of rotatable bonds is 4. The van der Waals surface area contributed by atoms with Crippen LogP contribution in [-0.2, 0) is 0 Å². The van der Waals surface area contributed by atoms with E-state index in [9.17, 15) is 9.18 Å². The molecule has 94 valence electrons. The fourth-order valence-electron chi connectivity index (χ4n) is 1.23. The molecule has 0 aliphatic rings. The standard InChI is InChI=1S/C13H17BrFNO/c1-8(2)9(3)7-16-13(17)10-4-5-11(14)12(15)6-10/h4-6,8-9H,7H2,1-3H3,(H,16,17). The fraction of sp³-hybridized carbons (Fsp3) is 0.462. The smallest absolute Gasteiger partial charge is 0.251 e. The summed E-state index contributed by atoms with van der Waals surface area (Å²) in [6.07, 6.45) is 0. The van der Waals surface area contributed by atoms with Gasteiger partial charge in [-0.15, -0.1) is 0 Å². The molecule has 1 rings (SSSR count). The third-order valence-corrected chi connectivity index (χ3v) is 3.55. The van der Waals surface area contributed by atoms with Gasteiger partial charge in [0.05, 0.1) is 4.47 Å². The Labute approximate surface area is 110 Å². The first-order valence-electron chi connectivity index (χ1n) is 5.65. The van der Waals surface area contributed by atoms with Gasteiger partial charge in [0, 0.05) is 12.1 Å². The summed E-state index contributed by atoms with van der Waals surface area (Å²) in [7, 11) is 0. The van der Waals surface area contributed by atoms with Crippen molar-refractivity contribution in [3.63, 3.8) is 0 Å². The van der Waals surface area contributed by atoms with Gasteiger partial charge >= 0.3 is 0 Å². The molecular weight excluding hydrogens is 285 g/mol. The first-order chi connectivity index (χ1) is 7.91. The van der Waals surface area contributed by atoms with E-state index in [4.69, 9.17) is 0 Å². The van der Waals surface area contributed by atoms with E-state index < -0.39 is 5.82 Å². The van der Waals surface area contributed by atoms with Crippen LogP contribution in [0.1, 0.15) is 31.1 Å². The highest BCUT2D eigenvalue weighted by Gasteiger charge is 2.11. The zero-order valence-corrected chi connectivity index (χ0v) is 11.8. The summed E-state index contributed by atoms with van der Waals surface area (Å²) in [5.74, 6) is 0.259. The van der Waals surface area contributed by atoms with Crippen molar-refractivity contribution in [2.45, 2.75) is 20.8 Å². The molecule has 1 aromatic rings. The number of hydrogen-bond donors (Lipinski definition) is 1. The molecule has 1 unspecified atom stereocenters. The first-order valence-corrected chi connectivity index (χ1v) is 6.44. The van der Waals surface area contributed by atoms with Crippen molar-refractivity contribution in [3.8, 4) is 0 Å². The highest BCUT2D eigenvalue weighted by Crippen LogP contribution is 2.16. The van der Waals surface area contributed by atoms with Crippen LogP contribution in [0.2, 0.25) is 0 Å². The Morgan fingerprint density at radius 2 is 2.06 bits per heavy atom. The number of hydrogen-bond acceptors (Lipinski definition) is 1. The first kappa shape index (κ1) is 14.2. The molecular formula is C13H17BrFNO. The van der Waals surface area contributed by atoms with Crippen molar-refractivity contribution in [2.24, 2.45) is 11.8 Å². The maximum absolute atomic E-state index is 13.2. The Balaban J connectivity index is 2.61. The number of halogens is 2. The van der Waals surface area contributed by atoms with Crippen molar-refractivity contribution in [2.75, 3.05) is 6.54 Å². The van der Waals surface area contributed by atoms with E-state index in [1.165, 1.54) is 12.1 Å². The van der Waals surface area contributed by atoms with Gasteiger partial charge in [-0.25, -0.2) is 4.39 Å². The van der Waals surface area contributed by atoms with Crippen molar-refractivity contribution < 1.29 is 9.18 Å². The van der Waals surface area contributed by atoms with Crippen LogP contribution in [0.3, 0.4) is 0 Å².